The Morgan fingerprint density at radius 2 is 2.28 bits per heavy atom. The first-order valence-electron chi connectivity index (χ1n) is 6.66. The predicted octanol–water partition coefficient (Wildman–Crippen LogP) is 1.21. The van der Waals surface area contributed by atoms with Gasteiger partial charge in [0.15, 0.2) is 0 Å². The average Bonchev–Trinajstić information content (AvgIpc) is 2.89. The van der Waals surface area contributed by atoms with Gasteiger partial charge in [0.05, 0.1) is 0 Å². The number of carbonyl (C=O) groups excluding carboxylic acids is 1. The first-order chi connectivity index (χ1) is 8.84. The van der Waals surface area contributed by atoms with E-state index in [2.05, 4.69) is 10.4 Å². The predicted molar refractivity (Wildman–Crippen MR) is 68.0 cm³/mol. The largest absolute Gasteiger partial charge is 0.381 e. The van der Waals surface area contributed by atoms with Crippen molar-refractivity contribution in [3.05, 3.63) is 18.5 Å². The van der Waals surface area contributed by atoms with Gasteiger partial charge in [-0.15, -0.1) is 0 Å². The van der Waals surface area contributed by atoms with Crippen LogP contribution in [0.25, 0.3) is 0 Å². The number of nitrogens with one attached hydrogen (secondary N) is 1. The summed E-state index contributed by atoms with van der Waals surface area (Å²) in [5.74, 6) is 0.673. The van der Waals surface area contributed by atoms with E-state index in [-0.39, 0.29) is 5.91 Å². The van der Waals surface area contributed by atoms with Gasteiger partial charge in [-0.1, -0.05) is 0 Å². The van der Waals surface area contributed by atoms with Gasteiger partial charge in [0.1, 0.15) is 0 Å². The fourth-order valence-corrected chi connectivity index (χ4v) is 2.19. The topological polar surface area (TPSA) is 56.1 Å². The van der Waals surface area contributed by atoms with Crippen molar-refractivity contribution < 1.29 is 9.53 Å². The molecule has 1 aliphatic heterocycles. The molecule has 1 aromatic heterocycles. The van der Waals surface area contributed by atoms with Crippen molar-refractivity contribution >= 4 is 5.91 Å². The summed E-state index contributed by atoms with van der Waals surface area (Å²) < 4.78 is 7.16. The smallest absolute Gasteiger partial charge is 0.220 e. The van der Waals surface area contributed by atoms with Crippen LogP contribution in [-0.4, -0.2) is 35.4 Å². The van der Waals surface area contributed by atoms with Crippen molar-refractivity contribution in [3.8, 4) is 0 Å². The Balaban J connectivity index is 1.54. The summed E-state index contributed by atoms with van der Waals surface area (Å²) in [4.78, 5) is 11.7. The van der Waals surface area contributed by atoms with Crippen molar-refractivity contribution in [1.82, 2.24) is 15.1 Å². The van der Waals surface area contributed by atoms with Gasteiger partial charge in [-0.2, -0.15) is 5.10 Å². The van der Waals surface area contributed by atoms with Crippen LogP contribution in [0.3, 0.4) is 0 Å². The number of amides is 1. The van der Waals surface area contributed by atoms with Gasteiger partial charge in [0.25, 0.3) is 0 Å². The van der Waals surface area contributed by atoms with E-state index in [1.54, 1.807) is 6.20 Å². The molecule has 0 aliphatic carbocycles. The van der Waals surface area contributed by atoms with Crippen LogP contribution in [0.15, 0.2) is 18.5 Å². The molecule has 2 rings (SSSR count). The lowest BCUT2D eigenvalue weighted by Crippen LogP contribution is -2.29. The lowest BCUT2D eigenvalue weighted by molar-refractivity contribution is -0.122. The summed E-state index contributed by atoms with van der Waals surface area (Å²) in [6.45, 7) is 3.18. The van der Waals surface area contributed by atoms with E-state index in [9.17, 15) is 4.79 Å². The third-order valence-corrected chi connectivity index (χ3v) is 3.26. The van der Waals surface area contributed by atoms with Gasteiger partial charge in [-0.25, -0.2) is 0 Å². The van der Waals surface area contributed by atoms with E-state index in [1.807, 2.05) is 16.9 Å². The molecule has 1 saturated heterocycles. The van der Waals surface area contributed by atoms with Crippen LogP contribution in [-0.2, 0) is 16.1 Å². The molecule has 18 heavy (non-hydrogen) atoms. The number of rotatable bonds is 6. The van der Waals surface area contributed by atoms with Crippen LogP contribution in [0, 0.1) is 5.92 Å². The molecule has 1 N–H and O–H groups in total. The van der Waals surface area contributed by atoms with E-state index in [1.165, 1.54) is 0 Å². The van der Waals surface area contributed by atoms with Crippen LogP contribution in [0.5, 0.6) is 0 Å². The Hall–Kier alpha value is -1.36. The van der Waals surface area contributed by atoms with Crippen LogP contribution in [0.4, 0.5) is 0 Å². The number of hydrogen-bond acceptors (Lipinski definition) is 3. The second-order valence-electron chi connectivity index (χ2n) is 4.73. The van der Waals surface area contributed by atoms with Crippen molar-refractivity contribution in [2.75, 3.05) is 19.8 Å². The maximum atomic E-state index is 11.7. The third-order valence-electron chi connectivity index (χ3n) is 3.26. The molecule has 2 heterocycles. The van der Waals surface area contributed by atoms with Gasteiger partial charge in [0, 0.05) is 45.1 Å². The standard InChI is InChI=1S/C13H21N3O2/c17-13(11-12-3-9-18-10-4-12)14-5-1-7-16-8-2-6-15-16/h2,6,8,12H,1,3-5,7,9-11H2,(H,14,17). The first kappa shape index (κ1) is 13.1. The first-order valence-corrected chi connectivity index (χ1v) is 6.66. The SMILES string of the molecule is O=C(CC1CCOCC1)NCCCn1cccn1. The van der Waals surface area contributed by atoms with Crippen LogP contribution in [0.2, 0.25) is 0 Å². The zero-order valence-electron chi connectivity index (χ0n) is 10.7. The second-order valence-corrected chi connectivity index (χ2v) is 4.73. The molecule has 0 aromatic carbocycles. The highest BCUT2D eigenvalue weighted by Gasteiger charge is 2.16. The summed E-state index contributed by atoms with van der Waals surface area (Å²) in [6, 6.07) is 1.91. The minimum Gasteiger partial charge on any atom is -0.381 e. The number of aromatic nitrogens is 2. The second kappa shape index (κ2) is 7.16. The molecule has 5 heteroatoms. The quantitative estimate of drug-likeness (QED) is 0.773. The minimum absolute atomic E-state index is 0.169. The zero-order chi connectivity index (χ0) is 12.6. The molecule has 1 aromatic rings. The molecule has 1 fully saturated rings. The molecule has 0 bridgehead atoms. The fourth-order valence-electron chi connectivity index (χ4n) is 2.19. The molecule has 5 nitrogen and oxygen atoms in total. The van der Waals surface area contributed by atoms with Crippen LogP contribution < -0.4 is 5.32 Å². The molecule has 0 saturated carbocycles. The molecule has 1 amide bonds. The molecule has 0 atom stereocenters. The average molecular weight is 251 g/mol. The normalized spacial score (nSPS) is 16.7. The number of nitrogens with zero attached hydrogens (tertiary/aromatic N) is 2. The van der Waals surface area contributed by atoms with Crippen molar-refractivity contribution in [2.24, 2.45) is 5.92 Å². The monoisotopic (exact) mass is 251 g/mol. The van der Waals surface area contributed by atoms with E-state index in [0.29, 0.717) is 12.3 Å². The van der Waals surface area contributed by atoms with Gasteiger partial charge >= 0.3 is 0 Å². The summed E-state index contributed by atoms with van der Waals surface area (Å²) >= 11 is 0. The number of ether oxygens (including phenoxy) is 1. The Morgan fingerprint density at radius 1 is 1.44 bits per heavy atom. The van der Waals surface area contributed by atoms with E-state index < -0.39 is 0 Å². The maximum absolute atomic E-state index is 11.7. The Bertz CT molecular complexity index is 345. The molecule has 1 aliphatic rings. The van der Waals surface area contributed by atoms with Gasteiger partial charge < -0.3 is 10.1 Å². The maximum Gasteiger partial charge on any atom is 0.220 e. The summed E-state index contributed by atoms with van der Waals surface area (Å²) in [7, 11) is 0. The lowest BCUT2D eigenvalue weighted by Gasteiger charge is -2.21. The van der Waals surface area contributed by atoms with E-state index in [0.717, 1.165) is 45.6 Å². The van der Waals surface area contributed by atoms with E-state index >= 15 is 0 Å². The fraction of sp³-hybridized carbons (Fsp3) is 0.692. The zero-order valence-corrected chi connectivity index (χ0v) is 10.7. The highest BCUT2D eigenvalue weighted by atomic mass is 16.5. The van der Waals surface area contributed by atoms with Gasteiger partial charge in [0.2, 0.25) is 5.91 Å². The van der Waals surface area contributed by atoms with Gasteiger partial charge in [-0.3, -0.25) is 9.48 Å². The third kappa shape index (κ3) is 4.49. The summed E-state index contributed by atoms with van der Waals surface area (Å²) in [5.41, 5.74) is 0. The van der Waals surface area contributed by atoms with Crippen molar-refractivity contribution in [1.29, 1.82) is 0 Å². The molecule has 0 spiro atoms. The van der Waals surface area contributed by atoms with Crippen molar-refractivity contribution in [2.45, 2.75) is 32.2 Å². The lowest BCUT2D eigenvalue weighted by atomic mass is 9.96. The minimum atomic E-state index is 0.169. The van der Waals surface area contributed by atoms with Crippen LogP contribution >= 0.6 is 0 Å². The van der Waals surface area contributed by atoms with E-state index in [4.69, 9.17) is 4.74 Å². The Labute approximate surface area is 108 Å². The van der Waals surface area contributed by atoms with Crippen LogP contribution in [0.1, 0.15) is 25.7 Å². The highest BCUT2D eigenvalue weighted by molar-refractivity contribution is 5.76. The Morgan fingerprint density at radius 3 is 3.00 bits per heavy atom. The molecule has 100 valence electrons. The van der Waals surface area contributed by atoms with Crippen molar-refractivity contribution in [3.63, 3.8) is 0 Å². The summed E-state index contributed by atoms with van der Waals surface area (Å²) in [6.07, 6.45) is 7.29. The Kier molecular flexibility index (Phi) is 5.20. The highest BCUT2D eigenvalue weighted by Crippen LogP contribution is 2.17. The molecule has 0 radical (unpaired) electrons. The molecular weight excluding hydrogens is 230 g/mol. The number of hydrogen-bond donors (Lipinski definition) is 1. The number of aryl methyl sites for hydroxylation is 1. The summed E-state index contributed by atoms with van der Waals surface area (Å²) in [5, 5.41) is 7.09. The van der Waals surface area contributed by atoms with Gasteiger partial charge in [-0.05, 0) is 31.2 Å². The molecule has 0 unspecified atom stereocenters. The molecular formula is C13H21N3O2. The number of carbonyl (C=O) groups is 1.